The summed E-state index contributed by atoms with van der Waals surface area (Å²) in [6.45, 7) is 2.74. The Balaban J connectivity index is 1.28. The highest BCUT2D eigenvalue weighted by molar-refractivity contribution is 5.95. The van der Waals surface area contributed by atoms with Gasteiger partial charge in [-0.25, -0.2) is 0 Å². The molecule has 0 unspecified atom stereocenters. The third-order valence-corrected chi connectivity index (χ3v) is 8.42. The fourth-order valence-electron chi connectivity index (χ4n) is 6.65. The minimum Gasteiger partial charge on any atom is -0.469 e. The van der Waals surface area contributed by atoms with E-state index in [2.05, 4.69) is 39.8 Å². The maximum absolute atomic E-state index is 14.2. The van der Waals surface area contributed by atoms with E-state index >= 15 is 0 Å². The summed E-state index contributed by atoms with van der Waals surface area (Å²) in [5, 5.41) is 6.96. The van der Waals surface area contributed by atoms with Crippen molar-refractivity contribution in [1.82, 2.24) is 10.2 Å². The third-order valence-electron chi connectivity index (χ3n) is 8.42. The quantitative estimate of drug-likeness (QED) is 0.504. The van der Waals surface area contributed by atoms with Gasteiger partial charge in [0.2, 0.25) is 5.91 Å². The number of carbonyl (C=O) groups excluding carboxylic acids is 2. The zero-order valence-corrected chi connectivity index (χ0v) is 20.7. The number of aryl methyl sites for hydroxylation is 1. The zero-order valence-electron chi connectivity index (χ0n) is 20.7. The number of rotatable bonds is 4. The number of benzene rings is 2. The van der Waals surface area contributed by atoms with Gasteiger partial charge in [0.15, 0.2) is 0 Å². The molecule has 0 radical (unpaired) electrons. The van der Waals surface area contributed by atoms with Crippen LogP contribution >= 0.6 is 0 Å². The Morgan fingerprint density at radius 3 is 2.53 bits per heavy atom. The number of fused-ring (bicyclic) bond motifs is 3. The number of furan rings is 1. The van der Waals surface area contributed by atoms with Gasteiger partial charge in [0.1, 0.15) is 5.76 Å². The van der Waals surface area contributed by atoms with Crippen LogP contribution in [0.1, 0.15) is 71.4 Å². The lowest BCUT2D eigenvalue weighted by molar-refractivity contribution is -0.138. The molecular weight excluding hydrogens is 450 g/mol. The number of hydrogen-bond donors (Lipinski definition) is 2. The molecule has 2 aromatic carbocycles. The SMILES string of the molecule is Cc1occc1[C@@H]1Nc2ccccc2[C@H]2[C@H]1CCN2C(=O)[C@H]1CCCC[C@H]1NC(=O)c1ccccc1. The second-order valence-electron chi connectivity index (χ2n) is 10.4. The van der Waals surface area contributed by atoms with Crippen LogP contribution in [0.25, 0.3) is 0 Å². The molecule has 1 saturated carbocycles. The van der Waals surface area contributed by atoms with Gasteiger partial charge in [-0.3, -0.25) is 9.59 Å². The van der Waals surface area contributed by atoms with Gasteiger partial charge in [0, 0.05) is 35.3 Å². The minimum absolute atomic E-state index is 0.0154. The Morgan fingerprint density at radius 2 is 1.72 bits per heavy atom. The molecule has 5 atom stereocenters. The average molecular weight is 484 g/mol. The van der Waals surface area contributed by atoms with Crippen molar-refractivity contribution in [2.24, 2.45) is 11.8 Å². The van der Waals surface area contributed by atoms with Crippen molar-refractivity contribution in [3.05, 3.63) is 89.4 Å². The molecule has 6 nitrogen and oxygen atoms in total. The lowest BCUT2D eigenvalue weighted by atomic mass is 9.79. The second-order valence-corrected chi connectivity index (χ2v) is 10.4. The van der Waals surface area contributed by atoms with E-state index in [4.69, 9.17) is 4.42 Å². The molecule has 3 heterocycles. The number of hydrogen-bond acceptors (Lipinski definition) is 4. The normalized spacial score (nSPS) is 27.0. The van der Waals surface area contributed by atoms with Crippen molar-refractivity contribution >= 4 is 17.5 Å². The molecule has 2 fully saturated rings. The molecule has 1 aromatic heterocycles. The highest BCUT2D eigenvalue weighted by Crippen LogP contribution is 2.52. The first-order valence-corrected chi connectivity index (χ1v) is 13.2. The molecule has 1 saturated heterocycles. The molecule has 2 aliphatic heterocycles. The first-order valence-electron chi connectivity index (χ1n) is 13.2. The number of nitrogens with one attached hydrogen (secondary N) is 2. The monoisotopic (exact) mass is 483 g/mol. The van der Waals surface area contributed by atoms with Crippen LogP contribution in [0.3, 0.4) is 0 Å². The molecule has 3 aliphatic rings. The van der Waals surface area contributed by atoms with Crippen LogP contribution in [0.4, 0.5) is 5.69 Å². The summed E-state index contributed by atoms with van der Waals surface area (Å²) in [5.74, 6) is 1.08. The Bertz CT molecular complexity index is 1250. The van der Waals surface area contributed by atoms with Gasteiger partial charge in [-0.15, -0.1) is 0 Å². The molecule has 186 valence electrons. The van der Waals surface area contributed by atoms with Crippen LogP contribution in [-0.4, -0.2) is 29.3 Å². The van der Waals surface area contributed by atoms with Crippen molar-refractivity contribution in [2.45, 2.75) is 57.2 Å². The van der Waals surface area contributed by atoms with E-state index in [1.54, 1.807) is 6.26 Å². The molecule has 0 spiro atoms. The van der Waals surface area contributed by atoms with Crippen LogP contribution in [-0.2, 0) is 4.79 Å². The lowest BCUT2D eigenvalue weighted by Gasteiger charge is -2.42. The van der Waals surface area contributed by atoms with E-state index < -0.39 is 0 Å². The summed E-state index contributed by atoms with van der Waals surface area (Å²) in [7, 11) is 0. The van der Waals surface area contributed by atoms with E-state index in [1.165, 1.54) is 11.1 Å². The Labute approximate surface area is 212 Å². The largest absolute Gasteiger partial charge is 0.469 e. The van der Waals surface area contributed by atoms with Crippen LogP contribution in [0.5, 0.6) is 0 Å². The summed E-state index contributed by atoms with van der Waals surface area (Å²) in [6.07, 6.45) is 6.39. The van der Waals surface area contributed by atoms with E-state index in [9.17, 15) is 9.59 Å². The topological polar surface area (TPSA) is 74.6 Å². The zero-order chi connectivity index (χ0) is 24.6. The van der Waals surface area contributed by atoms with Crippen LogP contribution in [0, 0.1) is 18.8 Å². The highest BCUT2D eigenvalue weighted by atomic mass is 16.3. The molecule has 2 N–H and O–H groups in total. The molecule has 6 rings (SSSR count). The number of anilines is 1. The van der Waals surface area contributed by atoms with Gasteiger partial charge < -0.3 is 20.0 Å². The van der Waals surface area contributed by atoms with Crippen LogP contribution in [0.2, 0.25) is 0 Å². The van der Waals surface area contributed by atoms with E-state index in [1.807, 2.05) is 43.3 Å². The summed E-state index contributed by atoms with van der Waals surface area (Å²) >= 11 is 0. The van der Waals surface area contributed by atoms with Crippen LogP contribution in [0.15, 0.2) is 71.3 Å². The fourth-order valence-corrected chi connectivity index (χ4v) is 6.65. The summed E-state index contributed by atoms with van der Waals surface area (Å²) < 4.78 is 5.65. The van der Waals surface area contributed by atoms with Gasteiger partial charge in [-0.1, -0.05) is 49.2 Å². The van der Waals surface area contributed by atoms with Crippen molar-refractivity contribution in [1.29, 1.82) is 0 Å². The van der Waals surface area contributed by atoms with Gasteiger partial charge >= 0.3 is 0 Å². The van der Waals surface area contributed by atoms with Crippen molar-refractivity contribution in [3.8, 4) is 0 Å². The molecule has 36 heavy (non-hydrogen) atoms. The predicted molar refractivity (Wildman–Crippen MR) is 138 cm³/mol. The fraction of sp³-hybridized carbons (Fsp3) is 0.400. The smallest absolute Gasteiger partial charge is 0.251 e. The predicted octanol–water partition coefficient (Wildman–Crippen LogP) is 5.63. The van der Waals surface area contributed by atoms with Crippen molar-refractivity contribution < 1.29 is 14.0 Å². The number of likely N-dealkylation sites (tertiary alicyclic amines) is 1. The number of carbonyl (C=O) groups is 2. The molecule has 3 aromatic rings. The maximum Gasteiger partial charge on any atom is 0.251 e. The summed E-state index contributed by atoms with van der Waals surface area (Å²) in [6, 6.07) is 19.7. The number of amides is 2. The van der Waals surface area contributed by atoms with Crippen molar-refractivity contribution in [3.63, 3.8) is 0 Å². The lowest BCUT2D eigenvalue weighted by Crippen LogP contribution is -2.50. The molecular formula is C30H33N3O3. The molecule has 6 heteroatoms. The second kappa shape index (κ2) is 9.49. The van der Waals surface area contributed by atoms with Gasteiger partial charge in [0.25, 0.3) is 5.91 Å². The molecule has 1 aliphatic carbocycles. The highest BCUT2D eigenvalue weighted by Gasteiger charge is 2.48. The third kappa shape index (κ3) is 3.98. The first kappa shape index (κ1) is 22.9. The summed E-state index contributed by atoms with van der Waals surface area (Å²) in [4.78, 5) is 29.3. The minimum atomic E-state index is -0.193. The number of nitrogens with zero attached hydrogens (tertiary/aromatic N) is 1. The Morgan fingerprint density at radius 1 is 0.944 bits per heavy atom. The average Bonchev–Trinajstić information content (AvgIpc) is 3.55. The molecule has 0 bridgehead atoms. The number of para-hydroxylation sites is 1. The first-order chi connectivity index (χ1) is 17.6. The Kier molecular flexibility index (Phi) is 6.04. The van der Waals surface area contributed by atoms with Gasteiger partial charge in [0.05, 0.1) is 24.3 Å². The van der Waals surface area contributed by atoms with Crippen molar-refractivity contribution in [2.75, 3.05) is 11.9 Å². The van der Waals surface area contributed by atoms with Gasteiger partial charge in [-0.05, 0) is 56.0 Å². The van der Waals surface area contributed by atoms with Gasteiger partial charge in [-0.2, -0.15) is 0 Å². The summed E-state index contributed by atoms with van der Waals surface area (Å²) in [5.41, 5.74) is 4.08. The standard InChI is InChI=1S/C30H33N3O3/c1-19-21(16-18-36-19)27-24-15-17-33(28(24)22-11-5-7-13-25(22)31-27)30(35)23-12-6-8-14-26(23)32-29(34)20-9-3-2-4-10-20/h2-5,7,9-11,13,16,18,23-24,26-28,31H,6,8,12,14-15,17H2,1H3,(H,32,34)/t23-,24-,26+,27-,28-/m0/s1. The Hall–Kier alpha value is -3.54. The maximum atomic E-state index is 14.2. The van der Waals surface area contributed by atoms with E-state index in [0.29, 0.717) is 5.56 Å². The van der Waals surface area contributed by atoms with E-state index in [0.717, 1.165) is 50.1 Å². The van der Waals surface area contributed by atoms with Crippen LogP contribution < -0.4 is 10.6 Å². The molecule has 2 amide bonds. The van der Waals surface area contributed by atoms with E-state index in [-0.39, 0.29) is 41.8 Å².